The van der Waals surface area contributed by atoms with Gasteiger partial charge in [0.15, 0.2) is 0 Å². The Balaban J connectivity index is 1.75. The van der Waals surface area contributed by atoms with E-state index in [0.29, 0.717) is 17.7 Å². The van der Waals surface area contributed by atoms with Crippen molar-refractivity contribution in [3.8, 4) is 11.1 Å². The Hall–Kier alpha value is -2.14. The summed E-state index contributed by atoms with van der Waals surface area (Å²) in [6.45, 7) is 2.22. The SMILES string of the molecule is Cc1ccc(-c2ccsc2C(=O)NCC2(C(=O)O)CC2)cc1. The fourth-order valence-corrected chi connectivity index (χ4v) is 3.22. The predicted octanol–water partition coefficient (Wildman–Crippen LogP) is 3.32. The molecule has 5 heteroatoms. The Morgan fingerprint density at radius 1 is 1.23 bits per heavy atom. The predicted molar refractivity (Wildman–Crippen MR) is 86.1 cm³/mol. The largest absolute Gasteiger partial charge is 0.481 e. The van der Waals surface area contributed by atoms with Crippen LogP contribution >= 0.6 is 11.3 Å². The van der Waals surface area contributed by atoms with E-state index >= 15 is 0 Å². The molecule has 3 rings (SSSR count). The number of amides is 1. The molecule has 4 nitrogen and oxygen atoms in total. The maximum Gasteiger partial charge on any atom is 0.311 e. The van der Waals surface area contributed by atoms with Crippen LogP contribution in [0.5, 0.6) is 0 Å². The number of benzene rings is 1. The van der Waals surface area contributed by atoms with Gasteiger partial charge in [-0.05, 0) is 36.8 Å². The number of thiophene rings is 1. The van der Waals surface area contributed by atoms with Gasteiger partial charge < -0.3 is 10.4 Å². The van der Waals surface area contributed by atoms with Crippen LogP contribution in [-0.4, -0.2) is 23.5 Å². The van der Waals surface area contributed by atoms with E-state index in [4.69, 9.17) is 5.11 Å². The standard InChI is InChI=1S/C17H17NO3S/c1-11-2-4-12(5-3-11)13-6-9-22-14(13)15(19)18-10-17(7-8-17)16(20)21/h2-6,9H,7-8,10H2,1H3,(H,18,19)(H,20,21). The van der Waals surface area contributed by atoms with Crippen molar-refractivity contribution in [1.29, 1.82) is 0 Å². The highest BCUT2D eigenvalue weighted by Gasteiger charge is 2.50. The molecule has 0 radical (unpaired) electrons. The van der Waals surface area contributed by atoms with Gasteiger partial charge in [-0.2, -0.15) is 0 Å². The number of aliphatic carboxylic acids is 1. The van der Waals surface area contributed by atoms with Crippen LogP contribution in [-0.2, 0) is 4.79 Å². The number of nitrogens with one attached hydrogen (secondary N) is 1. The molecule has 22 heavy (non-hydrogen) atoms. The van der Waals surface area contributed by atoms with Gasteiger partial charge in [-0.25, -0.2) is 0 Å². The van der Waals surface area contributed by atoms with Crippen molar-refractivity contribution in [3.63, 3.8) is 0 Å². The number of carbonyl (C=O) groups is 2. The number of carboxylic acid groups (broad SMARTS) is 1. The molecule has 114 valence electrons. The Morgan fingerprint density at radius 3 is 2.50 bits per heavy atom. The number of hydrogen-bond acceptors (Lipinski definition) is 3. The average Bonchev–Trinajstić information content (AvgIpc) is 3.15. The topological polar surface area (TPSA) is 66.4 Å². The highest BCUT2D eigenvalue weighted by molar-refractivity contribution is 7.12. The molecule has 2 N–H and O–H groups in total. The second-order valence-electron chi connectivity index (χ2n) is 5.80. The molecule has 1 saturated carbocycles. The van der Waals surface area contributed by atoms with Gasteiger partial charge in [-0.15, -0.1) is 11.3 Å². The monoisotopic (exact) mass is 315 g/mol. The van der Waals surface area contributed by atoms with E-state index in [-0.39, 0.29) is 12.5 Å². The molecule has 1 aromatic carbocycles. The number of carbonyl (C=O) groups excluding carboxylic acids is 1. The number of hydrogen-bond donors (Lipinski definition) is 2. The highest BCUT2D eigenvalue weighted by atomic mass is 32.1. The average molecular weight is 315 g/mol. The van der Waals surface area contributed by atoms with Gasteiger partial charge in [0.25, 0.3) is 5.91 Å². The first kappa shape index (κ1) is 14.8. The van der Waals surface area contributed by atoms with E-state index in [1.807, 2.05) is 42.6 Å². The third-order valence-corrected chi connectivity index (χ3v) is 5.04. The lowest BCUT2D eigenvalue weighted by atomic mass is 10.0. The molecule has 0 spiro atoms. The highest BCUT2D eigenvalue weighted by Crippen LogP contribution is 2.45. The van der Waals surface area contributed by atoms with Crippen LogP contribution in [0.2, 0.25) is 0 Å². The summed E-state index contributed by atoms with van der Waals surface area (Å²) >= 11 is 1.38. The maximum absolute atomic E-state index is 12.4. The van der Waals surface area contributed by atoms with Gasteiger partial charge in [0, 0.05) is 12.1 Å². The van der Waals surface area contributed by atoms with Gasteiger partial charge in [0.2, 0.25) is 0 Å². The summed E-state index contributed by atoms with van der Waals surface area (Å²) in [5.74, 6) is -1.02. The molecule has 0 unspecified atom stereocenters. The lowest BCUT2D eigenvalue weighted by molar-refractivity contribution is -0.143. The van der Waals surface area contributed by atoms with E-state index in [1.165, 1.54) is 16.9 Å². The summed E-state index contributed by atoms with van der Waals surface area (Å²) in [6, 6.07) is 9.94. The van der Waals surface area contributed by atoms with Crippen LogP contribution < -0.4 is 5.32 Å². The van der Waals surface area contributed by atoms with Gasteiger partial charge in [0.1, 0.15) is 0 Å². The molecular formula is C17H17NO3S. The molecule has 1 aliphatic rings. The van der Waals surface area contributed by atoms with Crippen molar-refractivity contribution in [3.05, 3.63) is 46.2 Å². The molecular weight excluding hydrogens is 298 g/mol. The van der Waals surface area contributed by atoms with Crippen LogP contribution in [0.1, 0.15) is 28.1 Å². The summed E-state index contributed by atoms with van der Waals surface area (Å²) in [4.78, 5) is 24.2. The number of carboxylic acids is 1. The zero-order chi connectivity index (χ0) is 15.7. The van der Waals surface area contributed by atoms with Gasteiger partial charge in [-0.1, -0.05) is 29.8 Å². The first-order chi connectivity index (χ1) is 10.5. The second kappa shape index (κ2) is 5.57. The molecule has 0 saturated heterocycles. The van der Waals surface area contributed by atoms with Crippen molar-refractivity contribution < 1.29 is 14.7 Å². The summed E-state index contributed by atoms with van der Waals surface area (Å²) in [6.07, 6.45) is 1.27. The normalized spacial score (nSPS) is 15.3. The van der Waals surface area contributed by atoms with Gasteiger partial charge in [-0.3, -0.25) is 9.59 Å². The summed E-state index contributed by atoms with van der Waals surface area (Å²) in [5, 5.41) is 13.8. The van der Waals surface area contributed by atoms with Crippen molar-refractivity contribution >= 4 is 23.2 Å². The summed E-state index contributed by atoms with van der Waals surface area (Å²) in [7, 11) is 0. The van der Waals surface area contributed by atoms with E-state index < -0.39 is 11.4 Å². The minimum Gasteiger partial charge on any atom is -0.481 e. The zero-order valence-corrected chi connectivity index (χ0v) is 13.1. The summed E-state index contributed by atoms with van der Waals surface area (Å²) in [5.41, 5.74) is 2.32. The molecule has 0 atom stereocenters. The van der Waals surface area contributed by atoms with E-state index in [0.717, 1.165) is 11.1 Å². The smallest absolute Gasteiger partial charge is 0.311 e. The molecule has 1 heterocycles. The molecule has 1 amide bonds. The Bertz CT molecular complexity index is 714. The molecule has 1 aliphatic carbocycles. The minimum atomic E-state index is -0.822. The lowest BCUT2D eigenvalue weighted by Crippen LogP contribution is -2.34. The molecule has 2 aromatic rings. The third-order valence-electron chi connectivity index (χ3n) is 4.13. The van der Waals surface area contributed by atoms with Crippen molar-refractivity contribution in [2.24, 2.45) is 5.41 Å². The van der Waals surface area contributed by atoms with Crippen molar-refractivity contribution in [2.75, 3.05) is 6.54 Å². The van der Waals surface area contributed by atoms with Gasteiger partial charge in [0.05, 0.1) is 10.3 Å². The second-order valence-corrected chi connectivity index (χ2v) is 6.71. The minimum absolute atomic E-state index is 0.196. The fourth-order valence-electron chi connectivity index (χ4n) is 2.39. The molecule has 0 bridgehead atoms. The molecule has 0 aliphatic heterocycles. The zero-order valence-electron chi connectivity index (χ0n) is 12.3. The Kier molecular flexibility index (Phi) is 3.74. The van der Waals surface area contributed by atoms with E-state index in [9.17, 15) is 9.59 Å². The van der Waals surface area contributed by atoms with Crippen molar-refractivity contribution in [1.82, 2.24) is 5.32 Å². The molecule has 1 fully saturated rings. The maximum atomic E-state index is 12.4. The third kappa shape index (κ3) is 2.76. The van der Waals surface area contributed by atoms with Crippen LogP contribution in [0.15, 0.2) is 35.7 Å². The van der Waals surface area contributed by atoms with Crippen molar-refractivity contribution in [2.45, 2.75) is 19.8 Å². The quantitative estimate of drug-likeness (QED) is 0.889. The van der Waals surface area contributed by atoms with Crippen LogP contribution in [0.25, 0.3) is 11.1 Å². The Morgan fingerprint density at radius 2 is 1.91 bits per heavy atom. The van der Waals surface area contributed by atoms with Crippen LogP contribution in [0.3, 0.4) is 0 Å². The van der Waals surface area contributed by atoms with E-state index in [1.54, 1.807) is 0 Å². The Labute approximate surface area is 132 Å². The lowest BCUT2D eigenvalue weighted by Gasteiger charge is -2.11. The van der Waals surface area contributed by atoms with Crippen LogP contribution in [0.4, 0.5) is 0 Å². The van der Waals surface area contributed by atoms with E-state index in [2.05, 4.69) is 5.32 Å². The first-order valence-corrected chi connectivity index (χ1v) is 8.06. The summed E-state index contributed by atoms with van der Waals surface area (Å²) < 4.78 is 0. The van der Waals surface area contributed by atoms with Crippen LogP contribution in [0, 0.1) is 12.3 Å². The first-order valence-electron chi connectivity index (χ1n) is 7.18. The number of rotatable bonds is 5. The number of aryl methyl sites for hydroxylation is 1. The fraction of sp³-hybridized carbons (Fsp3) is 0.294. The molecule has 1 aromatic heterocycles. The van der Waals surface area contributed by atoms with Gasteiger partial charge >= 0.3 is 5.97 Å².